The number of amides is 1. The quantitative estimate of drug-likeness (QED) is 0.927. The minimum absolute atomic E-state index is 0.173. The van der Waals surface area contributed by atoms with E-state index in [9.17, 15) is 4.79 Å². The monoisotopic (exact) mass is 337 g/mol. The van der Waals surface area contributed by atoms with Gasteiger partial charge in [0.15, 0.2) is 0 Å². The smallest absolute Gasteiger partial charge is 0.269 e. The summed E-state index contributed by atoms with van der Waals surface area (Å²) in [4.78, 5) is 25.0. The van der Waals surface area contributed by atoms with Gasteiger partial charge in [-0.25, -0.2) is 9.97 Å². The van der Waals surface area contributed by atoms with Crippen LogP contribution < -0.4 is 15.1 Å². The number of para-hydroxylation sites is 1. The first-order chi connectivity index (χ1) is 12.2. The van der Waals surface area contributed by atoms with Gasteiger partial charge in [-0.15, -0.1) is 0 Å². The number of carbonyl (C=O) groups is 1. The highest BCUT2D eigenvalue weighted by Gasteiger charge is 2.43. The maximum absolute atomic E-state index is 11.8. The van der Waals surface area contributed by atoms with E-state index >= 15 is 0 Å². The van der Waals surface area contributed by atoms with Crippen molar-refractivity contribution in [1.29, 1.82) is 0 Å². The van der Waals surface area contributed by atoms with Crippen LogP contribution in [0.3, 0.4) is 0 Å². The van der Waals surface area contributed by atoms with Crippen LogP contribution in [0, 0.1) is 5.41 Å². The molecule has 1 unspecified atom stereocenters. The normalized spacial score (nSPS) is 22.6. The molecule has 6 heteroatoms. The summed E-state index contributed by atoms with van der Waals surface area (Å²) < 4.78 is 0. The average Bonchev–Trinajstić information content (AvgIpc) is 3.29. The molecule has 2 aliphatic rings. The number of anilines is 2. The topological polar surface area (TPSA) is 61.4 Å². The van der Waals surface area contributed by atoms with E-state index in [-0.39, 0.29) is 5.91 Å². The lowest BCUT2D eigenvalue weighted by atomic mass is 9.86. The Bertz CT molecular complexity index is 765. The molecular weight excluding hydrogens is 314 g/mol. The first-order valence-corrected chi connectivity index (χ1v) is 8.78. The van der Waals surface area contributed by atoms with E-state index in [0.717, 1.165) is 38.4 Å². The summed E-state index contributed by atoms with van der Waals surface area (Å²) in [6.07, 6.45) is 3.84. The van der Waals surface area contributed by atoms with E-state index < -0.39 is 0 Å². The van der Waals surface area contributed by atoms with Crippen LogP contribution in [0.15, 0.2) is 42.7 Å². The molecule has 0 radical (unpaired) electrons. The van der Waals surface area contributed by atoms with Gasteiger partial charge in [0.25, 0.3) is 5.91 Å². The van der Waals surface area contributed by atoms with Crippen molar-refractivity contribution in [3.05, 3.63) is 48.4 Å². The predicted octanol–water partition coefficient (Wildman–Crippen LogP) is 1.94. The third kappa shape index (κ3) is 3.04. The molecule has 1 aromatic carbocycles. The molecule has 1 N–H and O–H groups in total. The Morgan fingerprint density at radius 3 is 2.56 bits per heavy atom. The van der Waals surface area contributed by atoms with Gasteiger partial charge >= 0.3 is 0 Å². The van der Waals surface area contributed by atoms with E-state index in [2.05, 4.69) is 55.4 Å². The molecule has 0 bridgehead atoms. The maximum atomic E-state index is 11.8. The van der Waals surface area contributed by atoms with Crippen LogP contribution in [0.2, 0.25) is 0 Å². The highest BCUT2D eigenvalue weighted by Crippen LogP contribution is 2.42. The van der Waals surface area contributed by atoms with Gasteiger partial charge in [0.05, 0.1) is 0 Å². The molecule has 1 spiro atoms. The van der Waals surface area contributed by atoms with Crippen molar-refractivity contribution in [2.24, 2.45) is 5.41 Å². The van der Waals surface area contributed by atoms with Crippen molar-refractivity contribution in [2.75, 3.05) is 43.0 Å². The van der Waals surface area contributed by atoms with E-state index in [4.69, 9.17) is 0 Å². The molecular formula is C19H23N5O. The Kier molecular flexibility index (Phi) is 4.03. The molecule has 1 aromatic heterocycles. The van der Waals surface area contributed by atoms with Crippen molar-refractivity contribution in [1.82, 2.24) is 15.3 Å². The lowest BCUT2D eigenvalue weighted by Gasteiger charge is -2.26. The number of carbonyl (C=O) groups excluding carboxylic acids is 1. The van der Waals surface area contributed by atoms with Crippen molar-refractivity contribution < 1.29 is 4.79 Å². The van der Waals surface area contributed by atoms with Gasteiger partial charge < -0.3 is 15.1 Å². The van der Waals surface area contributed by atoms with Gasteiger partial charge in [-0.3, -0.25) is 4.79 Å². The van der Waals surface area contributed by atoms with E-state index in [1.807, 2.05) is 0 Å². The Hall–Kier alpha value is -2.63. The Balaban J connectivity index is 1.48. The number of hydrogen-bond acceptors (Lipinski definition) is 5. The number of aromatic nitrogens is 2. The minimum Gasteiger partial charge on any atom is -0.371 e. The lowest BCUT2D eigenvalue weighted by molar-refractivity contribution is 0.0958. The summed E-state index contributed by atoms with van der Waals surface area (Å²) in [5, 5.41) is 2.62. The molecule has 2 fully saturated rings. The van der Waals surface area contributed by atoms with Crippen LogP contribution in [0.5, 0.6) is 0 Å². The molecule has 6 nitrogen and oxygen atoms in total. The van der Waals surface area contributed by atoms with Crippen LogP contribution in [0.4, 0.5) is 11.5 Å². The lowest BCUT2D eigenvalue weighted by Crippen LogP contribution is -2.31. The number of hydrogen-bond donors (Lipinski definition) is 1. The van der Waals surface area contributed by atoms with E-state index in [0.29, 0.717) is 11.1 Å². The fraction of sp³-hybridized carbons (Fsp3) is 0.421. The summed E-state index contributed by atoms with van der Waals surface area (Å²) >= 11 is 0. The average molecular weight is 337 g/mol. The van der Waals surface area contributed by atoms with E-state index in [1.165, 1.54) is 18.4 Å². The summed E-state index contributed by atoms with van der Waals surface area (Å²) in [7, 11) is 1.62. The third-order valence-corrected chi connectivity index (χ3v) is 5.43. The van der Waals surface area contributed by atoms with Crippen LogP contribution in [-0.2, 0) is 0 Å². The van der Waals surface area contributed by atoms with Crippen LogP contribution in [0.1, 0.15) is 23.3 Å². The molecule has 0 aliphatic carbocycles. The standard InChI is InChI=1S/C19H23N5O/c1-20-18(25)16-11-17(22-14-21-16)24-10-8-19(13-24)7-9-23(12-19)15-5-3-2-4-6-15/h2-6,11,14H,7-10,12-13H2,1H3,(H,20,25). The zero-order chi connectivity index (χ0) is 17.3. The van der Waals surface area contributed by atoms with Gasteiger partial charge in [0, 0.05) is 50.4 Å². The third-order valence-electron chi connectivity index (χ3n) is 5.43. The summed E-state index contributed by atoms with van der Waals surface area (Å²) in [5.41, 5.74) is 2.04. The summed E-state index contributed by atoms with van der Waals surface area (Å²) in [5.74, 6) is 0.678. The SMILES string of the molecule is CNC(=O)c1cc(N2CCC3(CCN(c4ccccc4)C3)C2)ncn1. The van der Waals surface area contributed by atoms with Gasteiger partial charge in [-0.2, -0.15) is 0 Å². The second-order valence-corrected chi connectivity index (χ2v) is 7.02. The van der Waals surface area contributed by atoms with Crippen molar-refractivity contribution in [3.8, 4) is 0 Å². The second-order valence-electron chi connectivity index (χ2n) is 7.02. The Morgan fingerprint density at radius 2 is 1.80 bits per heavy atom. The Labute approximate surface area is 147 Å². The van der Waals surface area contributed by atoms with Crippen LogP contribution in [-0.4, -0.2) is 49.1 Å². The van der Waals surface area contributed by atoms with Gasteiger partial charge in [0.2, 0.25) is 0 Å². The first-order valence-electron chi connectivity index (χ1n) is 8.78. The fourth-order valence-electron chi connectivity index (χ4n) is 4.03. The highest BCUT2D eigenvalue weighted by atomic mass is 16.1. The molecule has 2 saturated heterocycles. The molecule has 0 saturated carbocycles. The summed E-state index contributed by atoms with van der Waals surface area (Å²) in [6, 6.07) is 12.4. The Morgan fingerprint density at radius 1 is 1.08 bits per heavy atom. The zero-order valence-electron chi connectivity index (χ0n) is 14.5. The zero-order valence-corrected chi connectivity index (χ0v) is 14.5. The minimum atomic E-state index is -0.173. The van der Waals surface area contributed by atoms with Gasteiger partial charge in [-0.1, -0.05) is 18.2 Å². The largest absolute Gasteiger partial charge is 0.371 e. The maximum Gasteiger partial charge on any atom is 0.269 e. The van der Waals surface area contributed by atoms with Gasteiger partial charge in [0.1, 0.15) is 17.8 Å². The van der Waals surface area contributed by atoms with Crippen LogP contribution in [0.25, 0.3) is 0 Å². The van der Waals surface area contributed by atoms with E-state index in [1.54, 1.807) is 13.1 Å². The number of rotatable bonds is 3. The number of nitrogens with zero attached hydrogens (tertiary/aromatic N) is 4. The van der Waals surface area contributed by atoms with Crippen molar-refractivity contribution in [3.63, 3.8) is 0 Å². The molecule has 130 valence electrons. The van der Waals surface area contributed by atoms with Crippen molar-refractivity contribution in [2.45, 2.75) is 12.8 Å². The van der Waals surface area contributed by atoms with Gasteiger partial charge in [-0.05, 0) is 25.0 Å². The molecule has 1 amide bonds. The molecule has 4 rings (SSSR count). The molecule has 2 aliphatic heterocycles. The fourth-order valence-corrected chi connectivity index (χ4v) is 4.03. The summed E-state index contributed by atoms with van der Waals surface area (Å²) in [6.45, 7) is 4.15. The molecule has 2 aromatic rings. The predicted molar refractivity (Wildman–Crippen MR) is 98.0 cm³/mol. The van der Waals surface area contributed by atoms with Crippen LogP contribution >= 0.6 is 0 Å². The molecule has 25 heavy (non-hydrogen) atoms. The number of nitrogens with one attached hydrogen (secondary N) is 1. The highest BCUT2D eigenvalue weighted by molar-refractivity contribution is 5.92. The second kappa shape index (κ2) is 6.35. The number of benzene rings is 1. The van der Waals surface area contributed by atoms with Crippen molar-refractivity contribution >= 4 is 17.4 Å². The molecule has 3 heterocycles. The molecule has 1 atom stereocenters. The first kappa shape index (κ1) is 15.9.